The number of carbonyl (C=O) groups is 1. The lowest BCUT2D eigenvalue weighted by molar-refractivity contribution is -0.141. The van der Waals surface area contributed by atoms with Gasteiger partial charge in [0, 0.05) is 25.3 Å². The van der Waals surface area contributed by atoms with Gasteiger partial charge in [-0.05, 0) is 49.9 Å². The molecule has 0 aromatic carbocycles. The summed E-state index contributed by atoms with van der Waals surface area (Å²) in [5.74, 6) is -0.899. The number of amides is 1. The monoisotopic (exact) mass is 474 g/mol. The lowest BCUT2D eigenvalue weighted by Crippen LogP contribution is -2.59. The molecule has 8 nitrogen and oxygen atoms in total. The zero-order chi connectivity index (χ0) is 22.9. The summed E-state index contributed by atoms with van der Waals surface area (Å²) in [6.07, 6.45) is -0.0841. The number of anilines is 1. The Morgan fingerprint density at radius 2 is 1.78 bits per heavy atom. The summed E-state index contributed by atoms with van der Waals surface area (Å²) in [6.45, 7) is -0.318. The van der Waals surface area contributed by atoms with Gasteiger partial charge in [-0.25, -0.2) is 18.4 Å². The van der Waals surface area contributed by atoms with Crippen LogP contribution in [0.4, 0.5) is 19.1 Å². The fraction of sp³-hybridized carbons (Fsp3) is 0.750. The summed E-state index contributed by atoms with van der Waals surface area (Å²) in [5.41, 5.74) is -2.66. The van der Waals surface area contributed by atoms with E-state index in [9.17, 15) is 31.5 Å². The van der Waals surface area contributed by atoms with Gasteiger partial charge in [-0.15, -0.1) is 0 Å². The number of aliphatic hydroxyl groups is 1. The van der Waals surface area contributed by atoms with Gasteiger partial charge in [0.25, 0.3) is 5.91 Å². The molecule has 0 spiro atoms. The van der Waals surface area contributed by atoms with Crippen LogP contribution in [-0.2, 0) is 16.0 Å². The molecule has 6 rings (SSSR count). The van der Waals surface area contributed by atoms with Crippen molar-refractivity contribution in [1.82, 2.24) is 14.9 Å². The summed E-state index contributed by atoms with van der Waals surface area (Å²) in [6, 6.07) is -0.109. The minimum atomic E-state index is -4.87. The highest BCUT2D eigenvalue weighted by molar-refractivity contribution is 7.91. The molecule has 2 heterocycles. The van der Waals surface area contributed by atoms with Gasteiger partial charge in [-0.2, -0.15) is 13.2 Å². The molecule has 12 heteroatoms. The topological polar surface area (TPSA) is 112 Å². The first-order chi connectivity index (χ1) is 14.9. The third-order valence-corrected chi connectivity index (χ3v) is 9.07. The highest BCUT2D eigenvalue weighted by Gasteiger charge is 2.55. The van der Waals surface area contributed by atoms with E-state index in [1.807, 2.05) is 0 Å². The molecule has 1 aromatic heterocycles. The molecule has 1 unspecified atom stereocenters. The van der Waals surface area contributed by atoms with Crippen molar-refractivity contribution >= 4 is 21.7 Å². The van der Waals surface area contributed by atoms with E-state index < -0.39 is 38.8 Å². The highest BCUT2D eigenvalue weighted by Crippen LogP contribution is 2.56. The third-order valence-electron chi connectivity index (χ3n) is 7.46. The number of nitrogens with one attached hydrogen (secondary N) is 1. The van der Waals surface area contributed by atoms with Crippen LogP contribution in [0.1, 0.15) is 48.2 Å². The molecule has 1 aromatic rings. The van der Waals surface area contributed by atoms with Crippen LogP contribution in [0.15, 0.2) is 6.20 Å². The van der Waals surface area contributed by atoms with Crippen molar-refractivity contribution in [2.24, 2.45) is 17.8 Å². The van der Waals surface area contributed by atoms with E-state index in [0.29, 0.717) is 18.8 Å². The van der Waals surface area contributed by atoms with E-state index in [1.165, 1.54) is 0 Å². The zero-order valence-electron chi connectivity index (χ0n) is 17.3. The van der Waals surface area contributed by atoms with E-state index in [4.69, 9.17) is 0 Å². The van der Waals surface area contributed by atoms with Gasteiger partial charge in [-0.1, -0.05) is 0 Å². The minimum Gasteiger partial charge on any atom is -0.390 e. The maximum absolute atomic E-state index is 13.8. The first-order valence-electron chi connectivity index (χ1n) is 10.9. The Morgan fingerprint density at radius 3 is 2.34 bits per heavy atom. The summed E-state index contributed by atoms with van der Waals surface area (Å²) in [7, 11) is -3.28. The fourth-order valence-corrected chi connectivity index (χ4v) is 7.48. The number of hydrogen-bond acceptors (Lipinski definition) is 7. The first-order valence-corrected chi connectivity index (χ1v) is 12.7. The molecule has 5 aliphatic rings. The van der Waals surface area contributed by atoms with Gasteiger partial charge < -0.3 is 15.3 Å². The van der Waals surface area contributed by atoms with Crippen molar-refractivity contribution in [1.29, 1.82) is 0 Å². The number of alkyl halides is 3. The molecule has 32 heavy (non-hydrogen) atoms. The number of halogens is 3. The number of nitrogens with zero attached hydrogens (tertiary/aromatic N) is 3. The summed E-state index contributed by atoms with van der Waals surface area (Å²) >= 11 is 0. The normalized spacial score (nSPS) is 35.7. The number of aromatic nitrogens is 2. The van der Waals surface area contributed by atoms with Crippen LogP contribution in [0.3, 0.4) is 0 Å². The molecular formula is C20H25F3N4O4S. The van der Waals surface area contributed by atoms with Gasteiger partial charge in [0.15, 0.2) is 15.5 Å². The second-order valence-corrected chi connectivity index (χ2v) is 12.1. The van der Waals surface area contributed by atoms with Crippen LogP contribution in [0.25, 0.3) is 0 Å². The molecule has 4 bridgehead atoms. The van der Waals surface area contributed by atoms with Gasteiger partial charge >= 0.3 is 6.18 Å². The molecule has 5 atom stereocenters. The van der Waals surface area contributed by atoms with Gasteiger partial charge in [0.05, 0.1) is 22.7 Å². The van der Waals surface area contributed by atoms with Crippen LogP contribution in [-0.4, -0.2) is 70.5 Å². The first kappa shape index (κ1) is 21.9. The molecule has 1 saturated heterocycles. The fourth-order valence-electron chi connectivity index (χ4n) is 6.28. The lowest BCUT2D eigenvalue weighted by Gasteiger charge is -2.58. The number of hydrogen-bond donors (Lipinski definition) is 2. The van der Waals surface area contributed by atoms with Crippen molar-refractivity contribution in [3.05, 3.63) is 17.5 Å². The largest absolute Gasteiger partial charge is 0.434 e. The molecule has 1 amide bonds. The van der Waals surface area contributed by atoms with E-state index in [0.717, 1.165) is 30.4 Å². The zero-order valence-corrected chi connectivity index (χ0v) is 18.1. The molecule has 4 aliphatic carbocycles. The third kappa shape index (κ3) is 3.95. The molecule has 0 radical (unpaired) electrons. The number of rotatable bonds is 3. The van der Waals surface area contributed by atoms with Crippen molar-refractivity contribution < 1.29 is 31.5 Å². The van der Waals surface area contributed by atoms with Crippen LogP contribution in [0.5, 0.6) is 0 Å². The van der Waals surface area contributed by atoms with Crippen molar-refractivity contribution in [3.63, 3.8) is 0 Å². The van der Waals surface area contributed by atoms with Gasteiger partial charge in [0.2, 0.25) is 5.95 Å². The van der Waals surface area contributed by atoms with Crippen LogP contribution in [0, 0.1) is 17.8 Å². The van der Waals surface area contributed by atoms with Crippen LogP contribution >= 0.6 is 0 Å². The Balaban J connectivity index is 1.38. The van der Waals surface area contributed by atoms with Crippen molar-refractivity contribution in [2.75, 3.05) is 29.9 Å². The molecule has 2 N–H and O–H groups in total. The lowest BCUT2D eigenvalue weighted by atomic mass is 9.52. The second kappa shape index (κ2) is 7.28. The van der Waals surface area contributed by atoms with Gasteiger partial charge in [-0.3, -0.25) is 4.79 Å². The van der Waals surface area contributed by atoms with Crippen LogP contribution < -0.4 is 5.32 Å². The Hall–Kier alpha value is -1.95. The Morgan fingerprint density at radius 1 is 1.16 bits per heavy atom. The summed E-state index contributed by atoms with van der Waals surface area (Å²) in [4.78, 5) is 21.5. The molecular weight excluding hydrogens is 449 g/mol. The highest BCUT2D eigenvalue weighted by atomic mass is 32.2. The second-order valence-electron chi connectivity index (χ2n) is 9.76. The van der Waals surface area contributed by atoms with E-state index in [1.54, 1.807) is 0 Å². The number of sulfone groups is 1. The summed E-state index contributed by atoms with van der Waals surface area (Å²) in [5, 5.41) is 13.8. The van der Waals surface area contributed by atoms with Gasteiger partial charge in [0.1, 0.15) is 0 Å². The average molecular weight is 475 g/mol. The van der Waals surface area contributed by atoms with Crippen molar-refractivity contribution in [3.8, 4) is 0 Å². The van der Waals surface area contributed by atoms with Crippen LogP contribution in [0.2, 0.25) is 0 Å². The van der Waals surface area contributed by atoms with Crippen molar-refractivity contribution in [2.45, 2.75) is 49.9 Å². The maximum atomic E-state index is 13.8. The predicted octanol–water partition coefficient (Wildman–Crippen LogP) is 1.72. The minimum absolute atomic E-state index is 0.109. The quantitative estimate of drug-likeness (QED) is 0.686. The Labute approximate surface area is 183 Å². The molecule has 5 fully saturated rings. The van der Waals surface area contributed by atoms with E-state index in [-0.39, 0.29) is 48.4 Å². The molecule has 1 aliphatic heterocycles. The van der Waals surface area contributed by atoms with E-state index in [2.05, 4.69) is 15.3 Å². The smallest absolute Gasteiger partial charge is 0.390 e. The summed E-state index contributed by atoms with van der Waals surface area (Å²) < 4.78 is 64.5. The Bertz CT molecular complexity index is 1020. The number of carbonyl (C=O) groups excluding carboxylic acids is 1. The SMILES string of the molecule is O=C(c1cnc(N[C@@H]2[C@@H]3CC4C[C@H]2C[C@@](O)(C4)C3)nc1C(F)(F)F)N1CCS(=O)(=O)CC1. The molecule has 176 valence electrons. The maximum Gasteiger partial charge on any atom is 0.434 e. The predicted molar refractivity (Wildman–Crippen MR) is 108 cm³/mol. The Kier molecular flexibility index (Phi) is 4.97. The van der Waals surface area contributed by atoms with E-state index >= 15 is 0 Å². The average Bonchev–Trinajstić information content (AvgIpc) is 2.68. The standard InChI is InChI=1S/C20H25F3N4O4S/c21-20(22,23)16-14(17(28)27-1-3-32(30,31)4-2-27)10-24-18(26-16)25-15-12-5-11-6-13(15)9-19(29,7-11)8-12/h10-13,15,29H,1-9H2,(H,24,25,26)/t11?,12-,13+,15-,19-. The molecule has 4 saturated carbocycles.